The molecule has 10 heteroatoms. The van der Waals surface area contributed by atoms with E-state index in [9.17, 15) is 4.79 Å². The molecule has 3 rings (SSSR count). The van der Waals surface area contributed by atoms with Crippen molar-refractivity contribution in [2.45, 2.75) is 38.8 Å². The highest BCUT2D eigenvalue weighted by Gasteiger charge is 2.25. The van der Waals surface area contributed by atoms with E-state index in [-0.39, 0.29) is 36.1 Å². The number of carbonyl (C=O) groups is 1. The van der Waals surface area contributed by atoms with E-state index in [0.29, 0.717) is 32.3 Å². The average molecular weight is 566 g/mol. The third-order valence-electron chi connectivity index (χ3n) is 5.49. The molecule has 0 saturated carbocycles. The first-order valence-corrected chi connectivity index (χ1v) is 11.9. The number of halogens is 1. The molecule has 2 aliphatic heterocycles. The quantitative estimate of drug-likeness (QED) is 0.301. The minimum Gasteiger partial charge on any atom is -0.450 e. The lowest BCUT2D eigenvalue weighted by Crippen LogP contribution is -2.50. The maximum absolute atomic E-state index is 11.9. The van der Waals surface area contributed by atoms with Crippen molar-refractivity contribution in [3.8, 4) is 0 Å². The highest BCUT2D eigenvalue weighted by atomic mass is 127. The minimum absolute atomic E-state index is 0. The first kappa shape index (κ1) is 26.1. The van der Waals surface area contributed by atoms with Crippen LogP contribution in [0.3, 0.4) is 0 Å². The summed E-state index contributed by atoms with van der Waals surface area (Å²) >= 11 is 1.79. The number of nitrogens with one attached hydrogen (secondary N) is 2. The summed E-state index contributed by atoms with van der Waals surface area (Å²) in [5.41, 5.74) is 0. The third-order valence-corrected chi connectivity index (χ3v) is 6.46. The number of guanidine groups is 1. The number of hydrogen-bond donors (Lipinski definition) is 2. The first-order valence-electron chi connectivity index (χ1n) is 11.0. The fraction of sp³-hybridized carbons (Fsp3) is 0.714. The first-order chi connectivity index (χ1) is 14.7. The Hall–Kier alpha value is -1.11. The number of rotatable bonds is 7. The Balaban J connectivity index is 0.00000341. The number of morpholine rings is 1. The number of piperidine rings is 1. The standard InChI is InChI=1S/C21H35N5O3S.HI/c1-3-22-20(24-17-7-9-26(10-8-17)21(27)29-4-2)23-16-18(19-6-5-15-30-19)25-11-13-28-14-12-25;/h5-6,15,17-18H,3-4,7-14,16H2,1-2H3,(H2,22,23,24);1H. The summed E-state index contributed by atoms with van der Waals surface area (Å²) in [5.74, 6) is 0.849. The van der Waals surface area contributed by atoms with Gasteiger partial charge in [0.05, 0.1) is 32.4 Å². The number of aliphatic imine (C=N–C) groups is 1. The molecule has 1 aromatic heterocycles. The number of likely N-dealkylation sites (tertiary alicyclic amines) is 1. The van der Waals surface area contributed by atoms with Gasteiger partial charge in [-0.1, -0.05) is 6.07 Å². The van der Waals surface area contributed by atoms with Crippen LogP contribution in [0.4, 0.5) is 4.79 Å². The monoisotopic (exact) mass is 565 g/mol. The number of hydrogen-bond acceptors (Lipinski definition) is 6. The second-order valence-electron chi connectivity index (χ2n) is 7.50. The van der Waals surface area contributed by atoms with Crippen LogP contribution in [0.15, 0.2) is 22.5 Å². The van der Waals surface area contributed by atoms with Crippen molar-refractivity contribution in [2.75, 3.05) is 59.1 Å². The fourth-order valence-corrected chi connectivity index (χ4v) is 4.72. The van der Waals surface area contributed by atoms with Crippen molar-refractivity contribution in [3.05, 3.63) is 22.4 Å². The second kappa shape index (κ2) is 14.1. The Labute approximate surface area is 206 Å². The van der Waals surface area contributed by atoms with E-state index < -0.39 is 0 Å². The minimum atomic E-state index is -0.208. The van der Waals surface area contributed by atoms with Crippen molar-refractivity contribution in [1.82, 2.24) is 20.4 Å². The van der Waals surface area contributed by atoms with E-state index in [1.165, 1.54) is 4.88 Å². The van der Waals surface area contributed by atoms with Gasteiger partial charge >= 0.3 is 6.09 Å². The smallest absolute Gasteiger partial charge is 0.409 e. The molecule has 0 spiro atoms. The van der Waals surface area contributed by atoms with Gasteiger partial charge in [-0.2, -0.15) is 0 Å². The molecule has 8 nitrogen and oxygen atoms in total. The Bertz CT molecular complexity index is 662. The maximum Gasteiger partial charge on any atom is 0.409 e. The summed E-state index contributed by atoms with van der Waals surface area (Å²) < 4.78 is 10.6. The Morgan fingerprint density at radius 2 is 2.03 bits per heavy atom. The second-order valence-corrected chi connectivity index (χ2v) is 8.48. The van der Waals surface area contributed by atoms with Gasteiger partial charge in [-0.3, -0.25) is 9.89 Å². The predicted molar refractivity (Wildman–Crippen MR) is 136 cm³/mol. The summed E-state index contributed by atoms with van der Waals surface area (Å²) in [6.07, 6.45) is 1.57. The van der Waals surface area contributed by atoms with Crippen LogP contribution in [0.25, 0.3) is 0 Å². The zero-order valence-electron chi connectivity index (χ0n) is 18.5. The molecule has 2 N–H and O–H groups in total. The van der Waals surface area contributed by atoms with Crippen LogP contribution in [0.5, 0.6) is 0 Å². The van der Waals surface area contributed by atoms with Crippen molar-refractivity contribution in [2.24, 2.45) is 4.99 Å². The van der Waals surface area contributed by atoms with Crippen LogP contribution in [-0.2, 0) is 9.47 Å². The van der Waals surface area contributed by atoms with Gasteiger partial charge in [-0.25, -0.2) is 4.79 Å². The predicted octanol–water partition coefficient (Wildman–Crippen LogP) is 2.92. The average Bonchev–Trinajstić information content (AvgIpc) is 3.30. The van der Waals surface area contributed by atoms with Crippen molar-refractivity contribution >= 4 is 47.4 Å². The summed E-state index contributed by atoms with van der Waals surface area (Å²) in [6.45, 7) is 10.7. The van der Waals surface area contributed by atoms with E-state index in [1.54, 1.807) is 16.2 Å². The van der Waals surface area contributed by atoms with E-state index >= 15 is 0 Å². The largest absolute Gasteiger partial charge is 0.450 e. The zero-order valence-corrected chi connectivity index (χ0v) is 21.7. The maximum atomic E-state index is 11.9. The topological polar surface area (TPSA) is 78.4 Å². The lowest BCUT2D eigenvalue weighted by Gasteiger charge is -2.34. The number of ether oxygens (including phenoxy) is 2. The van der Waals surface area contributed by atoms with Gasteiger partial charge in [-0.05, 0) is 38.1 Å². The lowest BCUT2D eigenvalue weighted by molar-refractivity contribution is 0.0186. The highest BCUT2D eigenvalue weighted by molar-refractivity contribution is 14.0. The van der Waals surface area contributed by atoms with Crippen LogP contribution in [0.2, 0.25) is 0 Å². The zero-order chi connectivity index (χ0) is 21.2. The molecule has 31 heavy (non-hydrogen) atoms. The Kier molecular flexibility index (Phi) is 11.9. The molecule has 0 aromatic carbocycles. The molecule has 1 aromatic rings. The van der Waals surface area contributed by atoms with E-state index in [1.807, 2.05) is 6.92 Å². The van der Waals surface area contributed by atoms with Crippen LogP contribution in [0.1, 0.15) is 37.6 Å². The molecule has 1 amide bonds. The number of carbonyl (C=O) groups excluding carboxylic acids is 1. The number of amides is 1. The van der Waals surface area contributed by atoms with Gasteiger partial charge < -0.3 is 25.0 Å². The summed E-state index contributed by atoms with van der Waals surface area (Å²) in [6, 6.07) is 4.89. The van der Waals surface area contributed by atoms with Gasteiger partial charge in [0, 0.05) is 43.6 Å². The van der Waals surface area contributed by atoms with Crippen LogP contribution >= 0.6 is 35.3 Å². The Morgan fingerprint density at radius 3 is 2.65 bits per heavy atom. The van der Waals surface area contributed by atoms with E-state index in [4.69, 9.17) is 14.5 Å². The third kappa shape index (κ3) is 8.07. The molecule has 1 atom stereocenters. The normalized spacial score (nSPS) is 19.4. The summed E-state index contributed by atoms with van der Waals surface area (Å²) in [5, 5.41) is 9.09. The van der Waals surface area contributed by atoms with Crippen molar-refractivity contribution in [3.63, 3.8) is 0 Å². The van der Waals surface area contributed by atoms with Crippen molar-refractivity contribution < 1.29 is 14.3 Å². The van der Waals surface area contributed by atoms with Gasteiger partial charge in [0.15, 0.2) is 5.96 Å². The molecular formula is C21H36IN5O3S. The van der Waals surface area contributed by atoms with Gasteiger partial charge in [0.2, 0.25) is 0 Å². The van der Waals surface area contributed by atoms with E-state index in [2.05, 4.69) is 40.0 Å². The number of nitrogens with zero attached hydrogens (tertiary/aromatic N) is 3. The van der Waals surface area contributed by atoms with Gasteiger partial charge in [0.25, 0.3) is 0 Å². The molecule has 0 aliphatic carbocycles. The van der Waals surface area contributed by atoms with Crippen LogP contribution in [-0.4, -0.2) is 87.0 Å². The molecule has 0 bridgehead atoms. The fourth-order valence-electron chi connectivity index (χ4n) is 3.87. The van der Waals surface area contributed by atoms with Crippen LogP contribution < -0.4 is 10.6 Å². The highest BCUT2D eigenvalue weighted by Crippen LogP contribution is 2.26. The SMILES string of the molecule is CCNC(=NCC(c1cccs1)N1CCOCC1)NC1CCN(C(=O)OCC)CC1.I. The molecule has 0 radical (unpaired) electrons. The Morgan fingerprint density at radius 1 is 1.29 bits per heavy atom. The molecular weight excluding hydrogens is 529 g/mol. The van der Waals surface area contributed by atoms with Gasteiger partial charge in [0.1, 0.15) is 0 Å². The number of thiophene rings is 1. The summed E-state index contributed by atoms with van der Waals surface area (Å²) in [7, 11) is 0. The summed E-state index contributed by atoms with van der Waals surface area (Å²) in [4.78, 5) is 22.4. The molecule has 2 fully saturated rings. The molecule has 3 heterocycles. The van der Waals surface area contributed by atoms with E-state index in [0.717, 1.165) is 51.6 Å². The molecule has 1 unspecified atom stereocenters. The molecule has 2 aliphatic rings. The van der Waals surface area contributed by atoms with Crippen molar-refractivity contribution in [1.29, 1.82) is 0 Å². The van der Waals surface area contributed by atoms with Gasteiger partial charge in [-0.15, -0.1) is 35.3 Å². The molecule has 176 valence electrons. The lowest BCUT2D eigenvalue weighted by atomic mass is 10.1. The van der Waals surface area contributed by atoms with Crippen LogP contribution in [0, 0.1) is 0 Å². The molecule has 2 saturated heterocycles.